The number of rotatable bonds is 7. The minimum atomic E-state index is -3.49. The van der Waals surface area contributed by atoms with Crippen LogP contribution in [0.4, 0.5) is 5.69 Å². The Balaban J connectivity index is 2.14. The lowest BCUT2D eigenvalue weighted by Gasteiger charge is -2.23. The molecule has 0 aliphatic heterocycles. The summed E-state index contributed by atoms with van der Waals surface area (Å²) in [5.41, 5.74) is 1.80. The van der Waals surface area contributed by atoms with E-state index in [4.69, 9.17) is 12.2 Å². The Morgan fingerprint density at radius 3 is 2.33 bits per heavy atom. The van der Waals surface area contributed by atoms with E-state index in [9.17, 15) is 8.42 Å². The molecule has 2 N–H and O–H groups in total. The van der Waals surface area contributed by atoms with Gasteiger partial charge in [-0.05, 0) is 48.3 Å². The lowest BCUT2D eigenvalue weighted by atomic mass is 9.97. The molecule has 0 saturated carbocycles. The van der Waals surface area contributed by atoms with E-state index in [1.54, 1.807) is 24.3 Å². The van der Waals surface area contributed by atoms with Gasteiger partial charge >= 0.3 is 0 Å². The highest BCUT2D eigenvalue weighted by Crippen LogP contribution is 2.22. The molecular weight excluding hydrogens is 378 g/mol. The smallest absolute Gasteiger partial charge is 0.242 e. The fourth-order valence-electron chi connectivity index (χ4n) is 2.71. The van der Waals surface area contributed by atoms with Gasteiger partial charge in [0.15, 0.2) is 5.11 Å². The van der Waals surface area contributed by atoms with E-state index in [1.807, 2.05) is 18.2 Å². The molecule has 0 saturated heterocycles. The molecule has 0 aliphatic rings. The van der Waals surface area contributed by atoms with Crippen molar-refractivity contribution >= 4 is 33.0 Å². The first-order valence-corrected chi connectivity index (χ1v) is 10.7. The molecule has 146 valence electrons. The minimum absolute atomic E-state index is 0.0832. The maximum atomic E-state index is 12.3. The van der Waals surface area contributed by atoms with Crippen LogP contribution in [0.1, 0.15) is 31.9 Å². The maximum absolute atomic E-state index is 12.3. The largest absolute Gasteiger partial charge is 0.356 e. The Bertz CT molecular complexity index is 866. The van der Waals surface area contributed by atoms with Gasteiger partial charge in [-0.1, -0.05) is 50.2 Å². The molecule has 0 aliphatic carbocycles. The van der Waals surface area contributed by atoms with E-state index in [0.29, 0.717) is 16.7 Å². The van der Waals surface area contributed by atoms with Gasteiger partial charge in [-0.3, -0.25) is 0 Å². The van der Waals surface area contributed by atoms with Crippen molar-refractivity contribution in [2.45, 2.75) is 31.2 Å². The predicted octanol–water partition coefficient (Wildman–Crippen LogP) is 4.01. The molecule has 0 heterocycles. The molecule has 7 heteroatoms. The molecule has 0 bridgehead atoms. The van der Waals surface area contributed by atoms with Gasteiger partial charge in [0, 0.05) is 19.8 Å². The van der Waals surface area contributed by atoms with E-state index in [0.717, 1.165) is 6.42 Å². The van der Waals surface area contributed by atoms with Crippen LogP contribution in [0.15, 0.2) is 59.5 Å². The first-order valence-electron chi connectivity index (χ1n) is 8.85. The first kappa shape index (κ1) is 21.3. The lowest BCUT2D eigenvalue weighted by Crippen LogP contribution is -2.33. The molecule has 1 atom stereocenters. The summed E-state index contributed by atoms with van der Waals surface area (Å²) in [5, 5.41) is 6.92. The van der Waals surface area contributed by atoms with Crippen molar-refractivity contribution in [3.8, 4) is 0 Å². The monoisotopic (exact) mass is 405 g/mol. The van der Waals surface area contributed by atoms with Gasteiger partial charge in [-0.15, -0.1) is 0 Å². The van der Waals surface area contributed by atoms with Gasteiger partial charge in [0.1, 0.15) is 0 Å². The standard InChI is InChI=1S/C20H27N3O2S2/c1-15(2)13-19(16-9-6-5-7-10-16)22-20(26)21-17-11-8-12-18(14-17)27(24,25)23(3)4/h5-12,14-15,19H,13H2,1-4H3,(H2,21,22,26)/t19-/m0/s1. The molecule has 27 heavy (non-hydrogen) atoms. The van der Waals surface area contributed by atoms with Crippen LogP contribution in [0.3, 0.4) is 0 Å². The van der Waals surface area contributed by atoms with E-state index in [1.165, 1.54) is 24.0 Å². The van der Waals surface area contributed by atoms with E-state index in [2.05, 4.69) is 36.6 Å². The minimum Gasteiger partial charge on any atom is -0.356 e. The third-order valence-corrected chi connectivity index (χ3v) is 6.12. The van der Waals surface area contributed by atoms with Gasteiger partial charge in [0.2, 0.25) is 10.0 Å². The first-order chi connectivity index (χ1) is 12.7. The summed E-state index contributed by atoms with van der Waals surface area (Å²) < 4.78 is 25.8. The highest BCUT2D eigenvalue weighted by Gasteiger charge is 2.18. The summed E-state index contributed by atoms with van der Waals surface area (Å²) in [5.74, 6) is 0.499. The van der Waals surface area contributed by atoms with Gasteiger partial charge in [0.25, 0.3) is 0 Å². The quantitative estimate of drug-likeness (QED) is 0.682. The van der Waals surface area contributed by atoms with Crippen LogP contribution in [0, 0.1) is 5.92 Å². The topological polar surface area (TPSA) is 61.4 Å². The van der Waals surface area contributed by atoms with Crippen molar-refractivity contribution in [3.05, 3.63) is 60.2 Å². The Kier molecular flexibility index (Phi) is 7.35. The number of hydrogen-bond donors (Lipinski definition) is 2. The molecule has 0 spiro atoms. The van der Waals surface area contributed by atoms with Crippen molar-refractivity contribution in [1.29, 1.82) is 0 Å². The van der Waals surface area contributed by atoms with E-state index >= 15 is 0 Å². The van der Waals surface area contributed by atoms with E-state index in [-0.39, 0.29) is 10.9 Å². The van der Waals surface area contributed by atoms with Crippen LogP contribution in [0.25, 0.3) is 0 Å². The van der Waals surface area contributed by atoms with E-state index < -0.39 is 10.0 Å². The summed E-state index contributed by atoms with van der Waals surface area (Å²) in [7, 11) is -0.464. The zero-order chi connectivity index (χ0) is 20.0. The number of thiocarbonyl (C=S) groups is 1. The second-order valence-corrected chi connectivity index (χ2v) is 9.57. The average Bonchev–Trinajstić information content (AvgIpc) is 2.61. The maximum Gasteiger partial charge on any atom is 0.242 e. The number of nitrogens with zero attached hydrogens (tertiary/aromatic N) is 1. The molecule has 2 aromatic rings. The van der Waals surface area contributed by atoms with Crippen LogP contribution < -0.4 is 10.6 Å². The fraction of sp³-hybridized carbons (Fsp3) is 0.350. The van der Waals surface area contributed by atoms with Gasteiger partial charge in [-0.2, -0.15) is 0 Å². The molecule has 2 aromatic carbocycles. The zero-order valence-electron chi connectivity index (χ0n) is 16.1. The van der Waals surface area contributed by atoms with Crippen molar-refractivity contribution < 1.29 is 8.42 Å². The molecule has 0 amide bonds. The number of nitrogens with one attached hydrogen (secondary N) is 2. The highest BCUT2D eigenvalue weighted by atomic mass is 32.2. The lowest BCUT2D eigenvalue weighted by molar-refractivity contribution is 0.481. The Hall–Kier alpha value is -1.96. The van der Waals surface area contributed by atoms with Crippen LogP contribution in [-0.4, -0.2) is 31.9 Å². The highest BCUT2D eigenvalue weighted by molar-refractivity contribution is 7.89. The molecule has 0 radical (unpaired) electrons. The normalized spacial score (nSPS) is 12.8. The summed E-state index contributed by atoms with van der Waals surface area (Å²) >= 11 is 5.47. The van der Waals surface area contributed by atoms with Crippen LogP contribution >= 0.6 is 12.2 Å². The van der Waals surface area contributed by atoms with Gasteiger partial charge in [-0.25, -0.2) is 12.7 Å². The molecular formula is C20H27N3O2S2. The molecule has 0 aromatic heterocycles. The fourth-order valence-corrected chi connectivity index (χ4v) is 3.91. The second-order valence-electron chi connectivity index (χ2n) is 7.01. The summed E-state index contributed by atoms with van der Waals surface area (Å²) in [6, 6.07) is 16.9. The van der Waals surface area contributed by atoms with Crippen molar-refractivity contribution in [2.24, 2.45) is 5.92 Å². The summed E-state index contributed by atoms with van der Waals surface area (Å²) in [6.45, 7) is 4.34. The van der Waals surface area contributed by atoms with Crippen LogP contribution in [0.2, 0.25) is 0 Å². The summed E-state index contributed by atoms with van der Waals surface area (Å²) in [6.07, 6.45) is 0.931. The molecule has 2 rings (SSSR count). The number of hydrogen-bond acceptors (Lipinski definition) is 3. The number of sulfonamides is 1. The van der Waals surface area contributed by atoms with Crippen molar-refractivity contribution in [3.63, 3.8) is 0 Å². The molecule has 0 fully saturated rings. The summed E-state index contributed by atoms with van der Waals surface area (Å²) in [4.78, 5) is 0.224. The average molecular weight is 406 g/mol. The van der Waals surface area contributed by atoms with Gasteiger partial charge in [0.05, 0.1) is 10.9 Å². The third kappa shape index (κ3) is 6.02. The van der Waals surface area contributed by atoms with Gasteiger partial charge < -0.3 is 10.6 Å². The SMILES string of the molecule is CC(C)C[C@H](NC(=S)Nc1cccc(S(=O)(=O)N(C)C)c1)c1ccccc1. The van der Waals surface area contributed by atoms with Crippen LogP contribution in [0.5, 0.6) is 0 Å². The number of benzene rings is 2. The predicted molar refractivity (Wildman–Crippen MR) is 115 cm³/mol. The second kappa shape index (κ2) is 9.30. The van der Waals surface area contributed by atoms with Crippen LogP contribution in [-0.2, 0) is 10.0 Å². The molecule has 0 unspecified atom stereocenters. The zero-order valence-corrected chi connectivity index (χ0v) is 17.8. The Morgan fingerprint density at radius 1 is 1.07 bits per heavy atom. The number of anilines is 1. The van der Waals surface area contributed by atoms with Crippen molar-refractivity contribution in [2.75, 3.05) is 19.4 Å². The van der Waals surface area contributed by atoms with Crippen molar-refractivity contribution in [1.82, 2.24) is 9.62 Å². The Labute approximate surface area is 167 Å². The third-order valence-electron chi connectivity index (χ3n) is 4.08. The Morgan fingerprint density at radius 2 is 1.74 bits per heavy atom. The molecule has 5 nitrogen and oxygen atoms in total.